The Bertz CT molecular complexity index is 1810. The molecule has 0 saturated carbocycles. The molecule has 11 nitrogen and oxygen atoms in total. The minimum atomic E-state index is -4.37. The number of halogens is 1. The minimum absolute atomic E-state index is 0.000548. The molecule has 2 aromatic heterocycles. The molecule has 0 fully saturated rings. The van der Waals surface area contributed by atoms with E-state index in [0.717, 1.165) is 3.97 Å². The third kappa shape index (κ3) is 6.77. The Morgan fingerprint density at radius 3 is 2.37 bits per heavy atom. The van der Waals surface area contributed by atoms with E-state index >= 15 is 0 Å². The monoisotopic (exact) mass is 603 g/mol. The van der Waals surface area contributed by atoms with Gasteiger partial charge in [0.1, 0.15) is 16.3 Å². The topological polar surface area (TPSA) is 133 Å². The molecule has 4 aromatic rings. The first-order chi connectivity index (χ1) is 19.1. The average Bonchev–Trinajstić information content (AvgIpc) is 3.50. The molecule has 2 aromatic carbocycles. The fourth-order valence-electron chi connectivity index (χ4n) is 3.91. The fraction of sp³-hybridized carbons (Fsp3) is 0.259. The van der Waals surface area contributed by atoms with E-state index in [2.05, 4.69) is 9.82 Å². The zero-order valence-electron chi connectivity index (χ0n) is 23.1. The quantitative estimate of drug-likeness (QED) is 0.315. The lowest BCUT2D eigenvalue weighted by Gasteiger charge is -2.24. The number of hydrogen-bond acceptors (Lipinski definition) is 7. The van der Waals surface area contributed by atoms with Crippen molar-refractivity contribution in [2.75, 3.05) is 11.8 Å². The summed E-state index contributed by atoms with van der Waals surface area (Å²) in [4.78, 5) is 13.4. The largest absolute Gasteiger partial charge is 0.444 e. The Labute approximate surface area is 238 Å². The van der Waals surface area contributed by atoms with Crippen LogP contribution in [0.1, 0.15) is 26.3 Å². The maximum Gasteiger partial charge on any atom is 0.410 e. The molecule has 2 heterocycles. The van der Waals surface area contributed by atoms with Crippen molar-refractivity contribution in [2.24, 2.45) is 7.05 Å². The lowest BCUT2D eigenvalue weighted by atomic mass is 10.1. The smallest absolute Gasteiger partial charge is 0.410 e. The number of rotatable bonds is 8. The fourth-order valence-corrected chi connectivity index (χ4v) is 6.38. The van der Waals surface area contributed by atoms with Gasteiger partial charge in [0, 0.05) is 32.1 Å². The zero-order valence-corrected chi connectivity index (χ0v) is 24.7. The Hall–Kier alpha value is -4.17. The van der Waals surface area contributed by atoms with E-state index in [1.54, 1.807) is 33.9 Å². The number of nitrogens with one attached hydrogen (secondary N) is 1. The number of nitrogens with zero attached hydrogens (tertiary/aromatic N) is 4. The Morgan fingerprint density at radius 2 is 1.73 bits per heavy atom. The van der Waals surface area contributed by atoms with Crippen LogP contribution in [-0.2, 0) is 38.4 Å². The van der Waals surface area contributed by atoms with Gasteiger partial charge in [-0.1, -0.05) is 18.2 Å². The average molecular weight is 604 g/mol. The van der Waals surface area contributed by atoms with Crippen LogP contribution in [0.4, 0.5) is 14.9 Å². The zero-order chi connectivity index (χ0) is 30.2. The highest BCUT2D eigenvalue weighted by molar-refractivity contribution is 7.92. The molecular formula is C27H30FN5O6S2. The summed E-state index contributed by atoms with van der Waals surface area (Å²) >= 11 is 0. The first kappa shape index (κ1) is 29.8. The standard InChI is InChI=1S/C27H30FN5O6S2/c1-27(2,3)39-26(34)31(4)16-19-13-25(23-11-6-7-12-24(23)28)33(17-19)41(37,38)21-10-8-9-20(14-21)30-40(35,36)22-15-29-32(5)18-22/h6-15,17-18,30H,16H2,1-5H3. The molecule has 218 valence electrons. The molecule has 0 aliphatic rings. The predicted octanol–water partition coefficient (Wildman–Crippen LogP) is 4.43. The molecule has 1 amide bonds. The van der Waals surface area contributed by atoms with Crippen molar-refractivity contribution in [3.63, 3.8) is 0 Å². The minimum Gasteiger partial charge on any atom is -0.444 e. The van der Waals surface area contributed by atoms with Crippen LogP contribution in [0.3, 0.4) is 0 Å². The first-order valence-electron chi connectivity index (χ1n) is 12.3. The molecule has 1 N–H and O–H groups in total. The lowest BCUT2D eigenvalue weighted by molar-refractivity contribution is 0.0285. The van der Waals surface area contributed by atoms with Crippen molar-refractivity contribution < 1.29 is 30.8 Å². The van der Waals surface area contributed by atoms with E-state index in [4.69, 9.17) is 4.74 Å². The highest BCUT2D eigenvalue weighted by Crippen LogP contribution is 2.30. The normalized spacial score (nSPS) is 12.2. The second kappa shape index (κ2) is 11.0. The van der Waals surface area contributed by atoms with Crippen molar-refractivity contribution in [2.45, 2.75) is 42.7 Å². The number of benzene rings is 2. The number of amides is 1. The first-order valence-corrected chi connectivity index (χ1v) is 15.3. The highest BCUT2D eigenvalue weighted by atomic mass is 32.2. The molecule has 0 aliphatic heterocycles. The summed E-state index contributed by atoms with van der Waals surface area (Å²) in [6.07, 6.45) is 3.15. The summed E-state index contributed by atoms with van der Waals surface area (Å²) in [5.74, 6) is -0.646. The molecule has 14 heteroatoms. The summed E-state index contributed by atoms with van der Waals surface area (Å²) in [6.45, 7) is 5.15. The number of aryl methyl sites for hydroxylation is 1. The van der Waals surface area contributed by atoms with Gasteiger partial charge >= 0.3 is 6.09 Å². The molecule has 0 saturated heterocycles. The number of ether oxygens (including phenoxy) is 1. The van der Waals surface area contributed by atoms with E-state index in [0.29, 0.717) is 5.56 Å². The van der Waals surface area contributed by atoms with Gasteiger partial charge in [0.15, 0.2) is 0 Å². The molecule has 0 spiro atoms. The van der Waals surface area contributed by atoms with E-state index in [1.807, 2.05) is 0 Å². The summed E-state index contributed by atoms with van der Waals surface area (Å²) in [6, 6.07) is 12.4. The van der Waals surface area contributed by atoms with Crippen molar-refractivity contribution in [1.29, 1.82) is 0 Å². The number of carbonyl (C=O) groups is 1. The lowest BCUT2D eigenvalue weighted by Crippen LogP contribution is -2.33. The maximum absolute atomic E-state index is 14.9. The second-order valence-electron chi connectivity index (χ2n) is 10.3. The van der Waals surface area contributed by atoms with Crippen LogP contribution in [-0.4, -0.2) is 54.2 Å². The SMILES string of the molecule is CN(Cc1cc(-c2ccccc2F)n(S(=O)(=O)c2cccc(NS(=O)(=O)c3cnn(C)c3)c2)c1)C(=O)OC(C)(C)C. The molecule has 0 atom stereocenters. The number of aromatic nitrogens is 3. The molecule has 0 bridgehead atoms. The van der Waals surface area contributed by atoms with Gasteiger partial charge in [-0.15, -0.1) is 0 Å². The second-order valence-corrected chi connectivity index (χ2v) is 13.8. The highest BCUT2D eigenvalue weighted by Gasteiger charge is 2.26. The van der Waals surface area contributed by atoms with Crippen molar-refractivity contribution in [3.05, 3.63) is 84.6 Å². The third-order valence-electron chi connectivity index (χ3n) is 5.75. The third-order valence-corrected chi connectivity index (χ3v) is 8.76. The Kier molecular flexibility index (Phi) is 8.00. The van der Waals surface area contributed by atoms with E-state index in [-0.39, 0.29) is 33.3 Å². The molecule has 0 radical (unpaired) electrons. The van der Waals surface area contributed by atoms with Crippen molar-refractivity contribution in [3.8, 4) is 11.3 Å². The van der Waals surface area contributed by atoms with Crippen LogP contribution in [0.15, 0.2) is 83.0 Å². The molecule has 0 aliphatic carbocycles. The van der Waals surface area contributed by atoms with Gasteiger partial charge in [0.2, 0.25) is 0 Å². The Morgan fingerprint density at radius 1 is 1.02 bits per heavy atom. The van der Waals surface area contributed by atoms with Gasteiger partial charge in [-0.3, -0.25) is 9.40 Å². The van der Waals surface area contributed by atoms with E-state index in [1.165, 1.54) is 83.8 Å². The van der Waals surface area contributed by atoms with Crippen LogP contribution in [0.25, 0.3) is 11.3 Å². The number of carbonyl (C=O) groups excluding carboxylic acids is 1. The van der Waals surface area contributed by atoms with Crippen LogP contribution >= 0.6 is 0 Å². The van der Waals surface area contributed by atoms with Crippen LogP contribution in [0, 0.1) is 5.82 Å². The molecule has 4 rings (SSSR count). The van der Waals surface area contributed by atoms with Gasteiger partial charge < -0.3 is 9.64 Å². The van der Waals surface area contributed by atoms with Crippen LogP contribution in [0.2, 0.25) is 0 Å². The van der Waals surface area contributed by atoms with Gasteiger partial charge in [0.25, 0.3) is 20.0 Å². The van der Waals surface area contributed by atoms with Crippen molar-refractivity contribution in [1.82, 2.24) is 18.7 Å². The van der Waals surface area contributed by atoms with Gasteiger partial charge in [-0.25, -0.2) is 30.0 Å². The van der Waals surface area contributed by atoms with Crippen molar-refractivity contribution >= 4 is 31.8 Å². The number of anilines is 1. The molecule has 0 unspecified atom stereocenters. The van der Waals surface area contributed by atoms with Gasteiger partial charge in [-0.2, -0.15) is 5.10 Å². The summed E-state index contributed by atoms with van der Waals surface area (Å²) in [7, 11) is -5.35. The van der Waals surface area contributed by atoms with Gasteiger partial charge in [0.05, 0.1) is 29.0 Å². The van der Waals surface area contributed by atoms with Gasteiger partial charge in [-0.05, 0) is 62.7 Å². The summed E-state index contributed by atoms with van der Waals surface area (Å²) in [5.41, 5.74) is -0.289. The number of sulfonamides is 1. The maximum atomic E-state index is 14.9. The number of hydrogen-bond donors (Lipinski definition) is 1. The summed E-state index contributed by atoms with van der Waals surface area (Å²) in [5, 5.41) is 3.85. The van der Waals surface area contributed by atoms with Crippen LogP contribution in [0.5, 0.6) is 0 Å². The van der Waals surface area contributed by atoms with E-state index < -0.39 is 37.6 Å². The summed E-state index contributed by atoms with van der Waals surface area (Å²) < 4.78 is 78.2. The van der Waals surface area contributed by atoms with E-state index in [9.17, 15) is 26.0 Å². The van der Waals surface area contributed by atoms with Crippen LogP contribution < -0.4 is 4.72 Å². The molecule has 41 heavy (non-hydrogen) atoms. The molecular weight excluding hydrogens is 573 g/mol. The predicted molar refractivity (Wildman–Crippen MR) is 151 cm³/mol. The Balaban J connectivity index is 1.74.